The van der Waals surface area contributed by atoms with E-state index in [2.05, 4.69) is 10.3 Å². The molecule has 0 bridgehead atoms. The summed E-state index contributed by atoms with van der Waals surface area (Å²) in [5.41, 5.74) is 1.37. The van der Waals surface area contributed by atoms with E-state index in [9.17, 15) is 14.7 Å². The summed E-state index contributed by atoms with van der Waals surface area (Å²) in [5.74, 6) is -1.55. The van der Waals surface area contributed by atoms with Gasteiger partial charge in [0.15, 0.2) is 0 Å². The standard InChI is InChI=1S/C18H12Cl2N2O3.Na.H/c19-10-8-13(20)16-12(17(18(24)25)22-14(16)9-10)6-7-15(23)21-11-4-2-1-3-5-11;;/h1-9,22H,(H,21,23)(H,24,25);;/b7-6+;;. The molecule has 0 fully saturated rings. The number of halogens is 2. The minimum absolute atomic E-state index is 0. The van der Waals surface area contributed by atoms with Crippen molar-refractivity contribution >= 4 is 87.3 Å². The second-order valence-electron chi connectivity index (χ2n) is 5.22. The Morgan fingerprint density at radius 3 is 2.46 bits per heavy atom. The molecule has 128 valence electrons. The number of para-hydroxylation sites is 1. The fraction of sp³-hybridized carbons (Fsp3) is 0. The van der Waals surface area contributed by atoms with E-state index in [1.54, 1.807) is 30.3 Å². The Balaban J connectivity index is 0.00000243. The van der Waals surface area contributed by atoms with Crippen molar-refractivity contribution in [1.82, 2.24) is 4.98 Å². The van der Waals surface area contributed by atoms with Gasteiger partial charge in [-0.1, -0.05) is 41.4 Å². The summed E-state index contributed by atoms with van der Waals surface area (Å²) in [6, 6.07) is 12.0. The number of aromatic amines is 1. The quantitative estimate of drug-likeness (QED) is 0.455. The molecule has 3 N–H and O–H groups in total. The van der Waals surface area contributed by atoms with Crippen LogP contribution in [0.5, 0.6) is 0 Å². The molecule has 8 heteroatoms. The van der Waals surface area contributed by atoms with Crippen LogP contribution in [0.15, 0.2) is 48.5 Å². The fourth-order valence-electron chi connectivity index (χ4n) is 2.47. The van der Waals surface area contributed by atoms with E-state index in [1.807, 2.05) is 6.07 Å². The number of carbonyl (C=O) groups is 2. The minimum atomic E-state index is -1.16. The first kappa shape index (κ1) is 20.6. The van der Waals surface area contributed by atoms with Gasteiger partial charge in [0.2, 0.25) is 5.91 Å². The first-order valence-electron chi connectivity index (χ1n) is 7.24. The Kier molecular flexibility index (Phi) is 6.92. The third kappa shape index (κ3) is 4.50. The molecule has 0 saturated carbocycles. The summed E-state index contributed by atoms with van der Waals surface area (Å²) < 4.78 is 0. The summed E-state index contributed by atoms with van der Waals surface area (Å²) in [4.78, 5) is 26.3. The molecule has 0 spiro atoms. The number of H-pyrrole nitrogens is 1. The van der Waals surface area contributed by atoms with Crippen LogP contribution in [0.4, 0.5) is 5.69 Å². The number of carbonyl (C=O) groups excluding carboxylic acids is 1. The van der Waals surface area contributed by atoms with Crippen LogP contribution in [0.1, 0.15) is 16.1 Å². The Morgan fingerprint density at radius 2 is 1.81 bits per heavy atom. The summed E-state index contributed by atoms with van der Waals surface area (Å²) in [5, 5.41) is 13.2. The third-order valence-electron chi connectivity index (χ3n) is 3.51. The molecule has 2 aromatic carbocycles. The van der Waals surface area contributed by atoms with E-state index >= 15 is 0 Å². The number of aromatic nitrogens is 1. The molecule has 0 aliphatic heterocycles. The van der Waals surface area contributed by atoms with Crippen LogP contribution in [0.3, 0.4) is 0 Å². The molecule has 3 rings (SSSR count). The van der Waals surface area contributed by atoms with Crippen LogP contribution in [0.25, 0.3) is 17.0 Å². The fourth-order valence-corrected chi connectivity index (χ4v) is 3.07. The summed E-state index contributed by atoms with van der Waals surface area (Å²) >= 11 is 12.1. The van der Waals surface area contributed by atoms with Gasteiger partial charge in [0.25, 0.3) is 0 Å². The van der Waals surface area contributed by atoms with Crippen LogP contribution in [-0.4, -0.2) is 51.5 Å². The van der Waals surface area contributed by atoms with Crippen LogP contribution >= 0.6 is 23.2 Å². The molecule has 1 aromatic heterocycles. The van der Waals surface area contributed by atoms with Crippen molar-refractivity contribution in [3.63, 3.8) is 0 Å². The number of hydrogen-bond donors (Lipinski definition) is 3. The van der Waals surface area contributed by atoms with E-state index in [-0.39, 0.29) is 41.2 Å². The number of amides is 1. The molecule has 0 radical (unpaired) electrons. The van der Waals surface area contributed by atoms with Crippen molar-refractivity contribution in [1.29, 1.82) is 0 Å². The number of rotatable bonds is 4. The number of carboxylic acids is 1. The Morgan fingerprint density at radius 1 is 1.12 bits per heavy atom. The van der Waals surface area contributed by atoms with Crippen molar-refractivity contribution < 1.29 is 14.7 Å². The molecule has 0 saturated heterocycles. The number of benzene rings is 2. The van der Waals surface area contributed by atoms with Gasteiger partial charge in [0.1, 0.15) is 5.69 Å². The Bertz CT molecular complexity index is 1000. The van der Waals surface area contributed by atoms with Gasteiger partial charge in [0, 0.05) is 33.3 Å². The molecule has 0 unspecified atom stereocenters. The second-order valence-corrected chi connectivity index (χ2v) is 6.06. The molecule has 26 heavy (non-hydrogen) atoms. The van der Waals surface area contributed by atoms with E-state index in [0.29, 0.717) is 32.2 Å². The molecule has 3 aromatic rings. The van der Waals surface area contributed by atoms with E-state index in [0.717, 1.165) is 0 Å². The molecule has 0 aliphatic rings. The topological polar surface area (TPSA) is 82.2 Å². The van der Waals surface area contributed by atoms with Gasteiger partial charge in [-0.05, 0) is 30.3 Å². The zero-order chi connectivity index (χ0) is 18.0. The van der Waals surface area contributed by atoms with Crippen LogP contribution in [-0.2, 0) is 4.79 Å². The average molecular weight is 399 g/mol. The van der Waals surface area contributed by atoms with Gasteiger partial charge in [-0.2, -0.15) is 0 Å². The molecule has 0 aliphatic carbocycles. The van der Waals surface area contributed by atoms with E-state index in [4.69, 9.17) is 23.2 Å². The van der Waals surface area contributed by atoms with Gasteiger partial charge in [-0.25, -0.2) is 4.79 Å². The Labute approximate surface area is 181 Å². The summed E-state index contributed by atoms with van der Waals surface area (Å²) in [6.45, 7) is 0. The SMILES string of the molecule is O=C(/C=C/c1c(C(=O)O)[nH]c2cc(Cl)cc(Cl)c12)Nc1ccccc1.[NaH]. The molecular formula is C18H13Cl2N2NaO3. The number of nitrogens with one attached hydrogen (secondary N) is 2. The third-order valence-corrected chi connectivity index (χ3v) is 4.03. The van der Waals surface area contributed by atoms with Gasteiger partial charge in [0.05, 0.1) is 5.02 Å². The molecule has 1 heterocycles. The van der Waals surface area contributed by atoms with Gasteiger partial charge >= 0.3 is 35.5 Å². The number of hydrogen-bond acceptors (Lipinski definition) is 2. The monoisotopic (exact) mass is 398 g/mol. The average Bonchev–Trinajstić information content (AvgIpc) is 2.93. The number of anilines is 1. The maximum absolute atomic E-state index is 12.1. The van der Waals surface area contributed by atoms with Gasteiger partial charge in [-0.3, -0.25) is 4.79 Å². The predicted octanol–water partition coefficient (Wildman–Crippen LogP) is 4.18. The van der Waals surface area contributed by atoms with Gasteiger partial charge < -0.3 is 15.4 Å². The summed E-state index contributed by atoms with van der Waals surface area (Å²) in [6.07, 6.45) is 2.67. The first-order chi connectivity index (χ1) is 12.0. The molecule has 5 nitrogen and oxygen atoms in total. The molecule has 0 atom stereocenters. The predicted molar refractivity (Wildman–Crippen MR) is 107 cm³/mol. The van der Waals surface area contributed by atoms with E-state index < -0.39 is 5.97 Å². The molecule has 1 amide bonds. The normalized spacial score (nSPS) is 10.7. The summed E-state index contributed by atoms with van der Waals surface area (Å²) in [7, 11) is 0. The zero-order valence-electron chi connectivity index (χ0n) is 12.7. The molecular weight excluding hydrogens is 386 g/mol. The first-order valence-corrected chi connectivity index (χ1v) is 7.99. The second kappa shape index (κ2) is 8.75. The van der Waals surface area contributed by atoms with E-state index in [1.165, 1.54) is 18.2 Å². The van der Waals surface area contributed by atoms with Crippen molar-refractivity contribution in [3.8, 4) is 0 Å². The maximum atomic E-state index is 12.1. The van der Waals surface area contributed by atoms with Crippen LogP contribution in [0, 0.1) is 0 Å². The van der Waals surface area contributed by atoms with Crippen molar-refractivity contribution in [2.45, 2.75) is 0 Å². The van der Waals surface area contributed by atoms with Crippen molar-refractivity contribution in [3.05, 3.63) is 69.8 Å². The number of fused-ring (bicyclic) bond motifs is 1. The van der Waals surface area contributed by atoms with Crippen molar-refractivity contribution in [2.24, 2.45) is 0 Å². The number of carboxylic acid groups (broad SMARTS) is 1. The van der Waals surface area contributed by atoms with Crippen LogP contribution in [0.2, 0.25) is 10.0 Å². The zero-order valence-corrected chi connectivity index (χ0v) is 14.2. The van der Waals surface area contributed by atoms with Gasteiger partial charge in [-0.15, -0.1) is 0 Å². The number of aromatic carboxylic acids is 1. The Hall–Kier alpha value is -1.76. The van der Waals surface area contributed by atoms with Crippen LogP contribution < -0.4 is 5.32 Å². The van der Waals surface area contributed by atoms with Crippen molar-refractivity contribution in [2.75, 3.05) is 5.32 Å².